The van der Waals surface area contributed by atoms with Crippen molar-refractivity contribution in [2.24, 2.45) is 0 Å². The van der Waals surface area contributed by atoms with Crippen molar-refractivity contribution in [1.82, 2.24) is 0 Å². The van der Waals surface area contributed by atoms with E-state index in [1.807, 2.05) is 0 Å². The van der Waals surface area contributed by atoms with E-state index in [1.54, 1.807) is 24.3 Å². The summed E-state index contributed by atoms with van der Waals surface area (Å²) in [5, 5.41) is 11.2. The van der Waals surface area contributed by atoms with Gasteiger partial charge < -0.3 is 5.11 Å². The van der Waals surface area contributed by atoms with E-state index in [9.17, 15) is 27.1 Å². The number of rotatable bonds is 1. The van der Waals surface area contributed by atoms with Crippen LogP contribution in [0.1, 0.15) is 16.7 Å². The fourth-order valence-corrected chi connectivity index (χ4v) is 3.40. The van der Waals surface area contributed by atoms with Gasteiger partial charge in [-0.2, -0.15) is 0 Å². The zero-order valence-corrected chi connectivity index (χ0v) is 12.5. The molecule has 4 rings (SSSR count). The van der Waals surface area contributed by atoms with Crippen molar-refractivity contribution >= 4 is 0 Å². The largest absolute Gasteiger partial charge is 0.376 e. The molecule has 1 aliphatic rings. The molecule has 0 amide bonds. The van der Waals surface area contributed by atoms with Crippen LogP contribution in [0.5, 0.6) is 0 Å². The molecule has 0 fully saturated rings. The van der Waals surface area contributed by atoms with Gasteiger partial charge in [0.15, 0.2) is 23.3 Å². The zero-order valence-electron chi connectivity index (χ0n) is 12.5. The molecule has 0 spiro atoms. The third kappa shape index (κ3) is 1.85. The molecule has 126 valence electrons. The molecule has 25 heavy (non-hydrogen) atoms. The summed E-state index contributed by atoms with van der Waals surface area (Å²) in [4.78, 5) is 0. The summed E-state index contributed by atoms with van der Waals surface area (Å²) in [5.41, 5.74) is -2.73. The summed E-state index contributed by atoms with van der Waals surface area (Å²) >= 11 is 0. The number of hydrogen-bond acceptors (Lipinski definition) is 1. The maximum atomic E-state index is 14.4. The van der Waals surface area contributed by atoms with Gasteiger partial charge >= 0.3 is 0 Å². The third-order valence-corrected chi connectivity index (χ3v) is 4.50. The van der Waals surface area contributed by atoms with Gasteiger partial charge in [-0.15, -0.1) is 0 Å². The highest BCUT2D eigenvalue weighted by Gasteiger charge is 2.48. The zero-order chi connectivity index (χ0) is 17.9. The van der Waals surface area contributed by atoms with E-state index in [0.717, 1.165) is 0 Å². The Morgan fingerprint density at radius 2 is 0.920 bits per heavy atom. The van der Waals surface area contributed by atoms with E-state index in [-0.39, 0.29) is 11.1 Å². The normalized spacial score (nSPS) is 14.3. The van der Waals surface area contributed by atoms with E-state index in [4.69, 9.17) is 0 Å². The average Bonchev–Trinajstić information content (AvgIpc) is 2.89. The fraction of sp³-hybridized carbons (Fsp3) is 0.0526. The third-order valence-electron chi connectivity index (χ3n) is 4.50. The smallest absolute Gasteiger partial charge is 0.200 e. The molecular weight excluding hydrogens is 339 g/mol. The van der Waals surface area contributed by atoms with Gasteiger partial charge in [0.1, 0.15) is 5.60 Å². The van der Waals surface area contributed by atoms with E-state index in [1.165, 1.54) is 24.3 Å². The van der Waals surface area contributed by atoms with Gasteiger partial charge in [0, 0.05) is 11.1 Å². The molecule has 1 N–H and O–H groups in total. The summed E-state index contributed by atoms with van der Waals surface area (Å²) in [5.74, 6) is -10.5. The Hall–Kier alpha value is -2.73. The number of benzene rings is 3. The Morgan fingerprint density at radius 1 is 0.560 bits per heavy atom. The molecule has 0 radical (unpaired) electrons. The molecule has 6 heteroatoms. The van der Waals surface area contributed by atoms with Gasteiger partial charge in [0.05, 0.1) is 5.56 Å². The highest BCUT2D eigenvalue weighted by molar-refractivity contribution is 5.82. The van der Waals surface area contributed by atoms with Crippen LogP contribution < -0.4 is 0 Å². The number of hydrogen-bond donors (Lipinski definition) is 1. The second kappa shape index (κ2) is 5.13. The maximum absolute atomic E-state index is 14.4. The van der Waals surface area contributed by atoms with Gasteiger partial charge in [0.25, 0.3) is 0 Å². The average molecular weight is 348 g/mol. The Morgan fingerprint density at radius 3 is 1.36 bits per heavy atom. The molecule has 3 aromatic carbocycles. The van der Waals surface area contributed by atoms with E-state index < -0.39 is 40.3 Å². The van der Waals surface area contributed by atoms with Crippen LogP contribution in [0, 0.1) is 29.1 Å². The standard InChI is InChI=1S/C19H9F5O/c20-14-13(15(21)17(23)18(24)16(14)22)19(25)11-7-3-1-5-9(11)10-6-2-4-8-12(10)19/h1-8,25H. The highest BCUT2D eigenvalue weighted by atomic mass is 19.2. The van der Waals surface area contributed by atoms with Crippen LogP contribution in [0.15, 0.2) is 48.5 Å². The van der Waals surface area contributed by atoms with Crippen molar-refractivity contribution in [3.63, 3.8) is 0 Å². The van der Waals surface area contributed by atoms with Crippen LogP contribution in [-0.4, -0.2) is 5.11 Å². The SMILES string of the molecule is OC1(c2c(F)c(F)c(F)c(F)c2F)c2ccccc2-c2ccccc21. The van der Waals surface area contributed by atoms with Crippen LogP contribution in [0.25, 0.3) is 11.1 Å². The van der Waals surface area contributed by atoms with Gasteiger partial charge in [0.2, 0.25) is 5.82 Å². The summed E-state index contributed by atoms with van der Waals surface area (Å²) < 4.78 is 69.6. The molecule has 0 saturated carbocycles. The molecular formula is C19H9F5O. The topological polar surface area (TPSA) is 20.2 Å². The first-order chi connectivity index (χ1) is 11.9. The first kappa shape index (κ1) is 15.8. The Balaban J connectivity index is 2.17. The summed E-state index contributed by atoms with van der Waals surface area (Å²) in [6.45, 7) is 0. The van der Waals surface area contributed by atoms with Crippen LogP contribution in [-0.2, 0) is 5.60 Å². The summed E-state index contributed by atoms with van der Waals surface area (Å²) in [6.07, 6.45) is 0. The van der Waals surface area contributed by atoms with Crippen molar-refractivity contribution in [3.8, 4) is 11.1 Å². The van der Waals surface area contributed by atoms with E-state index >= 15 is 0 Å². The second-order valence-electron chi connectivity index (χ2n) is 5.75. The van der Waals surface area contributed by atoms with Crippen LogP contribution in [0.3, 0.4) is 0 Å². The number of fused-ring (bicyclic) bond motifs is 3. The predicted molar refractivity (Wildman–Crippen MR) is 80.2 cm³/mol. The molecule has 0 saturated heterocycles. The molecule has 0 aromatic heterocycles. The lowest BCUT2D eigenvalue weighted by molar-refractivity contribution is 0.118. The van der Waals surface area contributed by atoms with Gasteiger partial charge in [-0.1, -0.05) is 48.5 Å². The van der Waals surface area contributed by atoms with Crippen molar-refractivity contribution in [2.45, 2.75) is 5.60 Å². The number of halogens is 5. The molecule has 0 atom stereocenters. The van der Waals surface area contributed by atoms with Crippen molar-refractivity contribution < 1.29 is 27.1 Å². The molecule has 0 bridgehead atoms. The minimum Gasteiger partial charge on any atom is -0.376 e. The molecule has 3 aromatic rings. The van der Waals surface area contributed by atoms with Crippen LogP contribution >= 0.6 is 0 Å². The maximum Gasteiger partial charge on any atom is 0.200 e. The molecule has 0 unspecified atom stereocenters. The van der Waals surface area contributed by atoms with Crippen LogP contribution in [0.2, 0.25) is 0 Å². The van der Waals surface area contributed by atoms with Crippen molar-refractivity contribution in [3.05, 3.63) is 94.3 Å². The molecule has 1 aliphatic carbocycles. The summed E-state index contributed by atoms with van der Waals surface area (Å²) in [7, 11) is 0. The Bertz CT molecular complexity index is 954. The fourth-order valence-electron chi connectivity index (χ4n) is 3.40. The van der Waals surface area contributed by atoms with E-state index in [0.29, 0.717) is 11.1 Å². The minimum absolute atomic E-state index is 0.0550. The quantitative estimate of drug-likeness (QED) is 0.386. The Kier molecular flexibility index (Phi) is 3.24. The predicted octanol–water partition coefficient (Wildman–Crippen LogP) is 4.65. The molecule has 1 nitrogen and oxygen atoms in total. The van der Waals surface area contributed by atoms with E-state index in [2.05, 4.69) is 0 Å². The minimum atomic E-state index is -2.49. The van der Waals surface area contributed by atoms with Crippen LogP contribution in [0.4, 0.5) is 22.0 Å². The molecule has 0 heterocycles. The highest BCUT2D eigenvalue weighted by Crippen LogP contribution is 2.52. The first-order valence-corrected chi connectivity index (χ1v) is 7.32. The lowest BCUT2D eigenvalue weighted by Crippen LogP contribution is -2.30. The van der Waals surface area contributed by atoms with Gasteiger partial charge in [-0.3, -0.25) is 0 Å². The lowest BCUT2D eigenvalue weighted by Gasteiger charge is -2.27. The monoisotopic (exact) mass is 348 g/mol. The van der Waals surface area contributed by atoms with Crippen molar-refractivity contribution in [1.29, 1.82) is 0 Å². The Labute approximate surface area is 139 Å². The second-order valence-corrected chi connectivity index (χ2v) is 5.75. The summed E-state index contributed by atoms with van der Waals surface area (Å²) in [6, 6.07) is 12.3. The van der Waals surface area contributed by atoms with Gasteiger partial charge in [-0.25, -0.2) is 22.0 Å². The first-order valence-electron chi connectivity index (χ1n) is 7.32. The number of aliphatic hydroxyl groups is 1. The van der Waals surface area contributed by atoms with Crippen molar-refractivity contribution in [2.75, 3.05) is 0 Å². The lowest BCUT2D eigenvalue weighted by atomic mass is 9.83. The molecule has 0 aliphatic heterocycles. The van der Waals surface area contributed by atoms with Gasteiger partial charge in [-0.05, 0) is 11.1 Å².